The fourth-order valence-corrected chi connectivity index (χ4v) is 4.49. The van der Waals surface area contributed by atoms with Gasteiger partial charge in [-0.3, -0.25) is 9.88 Å². The molecule has 0 bridgehead atoms. The highest BCUT2D eigenvalue weighted by molar-refractivity contribution is 5.24. The van der Waals surface area contributed by atoms with Crippen LogP contribution in [0.15, 0.2) is 61.1 Å². The van der Waals surface area contributed by atoms with E-state index in [1.807, 2.05) is 18.2 Å². The Morgan fingerprint density at radius 1 is 1.09 bits per heavy atom. The van der Waals surface area contributed by atoms with E-state index in [9.17, 15) is 9.50 Å². The van der Waals surface area contributed by atoms with Gasteiger partial charge in [-0.1, -0.05) is 30.3 Å². The van der Waals surface area contributed by atoms with Crippen LogP contribution in [-0.4, -0.2) is 39.1 Å². The molecule has 3 heterocycles. The summed E-state index contributed by atoms with van der Waals surface area (Å²) >= 11 is 0. The molecule has 0 saturated carbocycles. The van der Waals surface area contributed by atoms with Crippen LogP contribution in [0, 0.1) is 12.9 Å². The number of nitrogens with zero attached hydrogens (tertiary/aromatic N) is 3. The van der Waals surface area contributed by atoms with Crippen molar-refractivity contribution in [3.8, 4) is 0 Å². The molecule has 1 aliphatic rings. The molecule has 32 heavy (non-hydrogen) atoms. The van der Waals surface area contributed by atoms with E-state index in [4.69, 9.17) is 0 Å². The van der Waals surface area contributed by atoms with Gasteiger partial charge in [0.15, 0.2) is 0 Å². The van der Waals surface area contributed by atoms with Gasteiger partial charge in [-0.25, -0.2) is 4.98 Å². The molecule has 0 amide bonds. The van der Waals surface area contributed by atoms with Crippen LogP contribution in [0.1, 0.15) is 46.8 Å². The smallest absolute Gasteiger partial charge is 0.215 e. The van der Waals surface area contributed by atoms with Crippen LogP contribution in [0.25, 0.3) is 0 Å². The molecule has 5 nitrogen and oxygen atoms in total. The van der Waals surface area contributed by atoms with Crippen molar-refractivity contribution in [3.05, 3.63) is 94.8 Å². The average molecular weight is 435 g/mol. The van der Waals surface area contributed by atoms with Crippen LogP contribution in [0.2, 0.25) is 0 Å². The van der Waals surface area contributed by atoms with E-state index in [2.05, 4.69) is 51.5 Å². The van der Waals surface area contributed by atoms with Crippen LogP contribution < -0.4 is 5.32 Å². The number of aliphatic hydroxyl groups excluding tert-OH is 1. The maximum atomic E-state index is 13.4. The number of halogens is 1. The molecule has 168 valence electrons. The number of hydrogen-bond donors (Lipinski definition) is 2. The SMILES string of the molecule is Cc1cc(CN(C)Cc2ccc(C[C@@H]3CC[C@H]([C@H](O)c4cccnc4)N3)cc2)cnc1F. The van der Waals surface area contributed by atoms with Crippen LogP contribution in [0.3, 0.4) is 0 Å². The van der Waals surface area contributed by atoms with Gasteiger partial charge >= 0.3 is 0 Å². The first-order valence-electron chi connectivity index (χ1n) is 11.2. The third-order valence-electron chi connectivity index (χ3n) is 6.16. The summed E-state index contributed by atoms with van der Waals surface area (Å²) in [5.41, 5.74) is 5.00. The molecule has 0 unspecified atom stereocenters. The molecule has 1 fully saturated rings. The Labute approximate surface area is 189 Å². The Balaban J connectivity index is 1.27. The Morgan fingerprint density at radius 3 is 2.56 bits per heavy atom. The molecular weight excluding hydrogens is 403 g/mol. The predicted octanol–water partition coefficient (Wildman–Crippen LogP) is 3.95. The van der Waals surface area contributed by atoms with E-state index in [-0.39, 0.29) is 6.04 Å². The summed E-state index contributed by atoms with van der Waals surface area (Å²) < 4.78 is 13.4. The van der Waals surface area contributed by atoms with Gasteiger partial charge in [-0.05, 0) is 62.1 Å². The third-order valence-corrected chi connectivity index (χ3v) is 6.16. The Hall–Kier alpha value is -2.67. The van der Waals surface area contributed by atoms with E-state index >= 15 is 0 Å². The fraction of sp³-hybridized carbons (Fsp3) is 0.385. The summed E-state index contributed by atoms with van der Waals surface area (Å²) in [4.78, 5) is 10.1. The van der Waals surface area contributed by atoms with Crippen molar-refractivity contribution in [2.75, 3.05) is 7.05 Å². The molecule has 2 N–H and O–H groups in total. The quantitative estimate of drug-likeness (QED) is 0.526. The first-order valence-corrected chi connectivity index (χ1v) is 11.2. The monoisotopic (exact) mass is 434 g/mol. The van der Waals surface area contributed by atoms with Gasteiger partial charge in [-0.15, -0.1) is 0 Å². The number of benzene rings is 1. The van der Waals surface area contributed by atoms with E-state index < -0.39 is 12.1 Å². The molecule has 3 aromatic rings. The van der Waals surface area contributed by atoms with Crippen LogP contribution in [0.4, 0.5) is 4.39 Å². The number of pyridine rings is 2. The minimum atomic E-state index is -0.522. The molecule has 1 aromatic carbocycles. The predicted molar refractivity (Wildman–Crippen MR) is 123 cm³/mol. The van der Waals surface area contributed by atoms with E-state index in [0.717, 1.165) is 43.5 Å². The summed E-state index contributed by atoms with van der Waals surface area (Å²) in [5, 5.41) is 14.2. The van der Waals surface area contributed by atoms with Gasteiger partial charge < -0.3 is 10.4 Å². The molecule has 0 spiro atoms. The normalized spacial score (nSPS) is 19.4. The summed E-state index contributed by atoms with van der Waals surface area (Å²) in [5.74, 6) is -0.401. The van der Waals surface area contributed by atoms with Gasteiger partial charge in [0, 0.05) is 54.9 Å². The number of aromatic nitrogens is 2. The summed E-state index contributed by atoms with van der Waals surface area (Å²) in [6.45, 7) is 3.28. The van der Waals surface area contributed by atoms with Crippen molar-refractivity contribution < 1.29 is 9.50 Å². The fourth-order valence-electron chi connectivity index (χ4n) is 4.49. The zero-order valence-electron chi connectivity index (χ0n) is 18.7. The van der Waals surface area contributed by atoms with Crippen LogP contribution in [-0.2, 0) is 19.5 Å². The number of hydrogen-bond acceptors (Lipinski definition) is 5. The van der Waals surface area contributed by atoms with E-state index in [0.29, 0.717) is 11.6 Å². The first kappa shape index (κ1) is 22.5. The minimum Gasteiger partial charge on any atom is -0.387 e. The maximum Gasteiger partial charge on any atom is 0.215 e. The van der Waals surface area contributed by atoms with Gasteiger partial charge in [0.1, 0.15) is 0 Å². The lowest BCUT2D eigenvalue weighted by Crippen LogP contribution is -2.35. The Morgan fingerprint density at radius 2 is 1.84 bits per heavy atom. The Bertz CT molecular complexity index is 1010. The molecule has 0 aliphatic carbocycles. The Kier molecular flexibility index (Phi) is 7.25. The van der Waals surface area contributed by atoms with Crippen molar-refractivity contribution in [1.29, 1.82) is 0 Å². The average Bonchev–Trinajstić information content (AvgIpc) is 3.26. The zero-order valence-corrected chi connectivity index (χ0v) is 18.7. The molecule has 3 atom stereocenters. The minimum absolute atomic E-state index is 0.0710. The van der Waals surface area contributed by atoms with E-state index in [1.54, 1.807) is 25.5 Å². The van der Waals surface area contributed by atoms with E-state index in [1.165, 1.54) is 11.1 Å². The summed E-state index contributed by atoms with van der Waals surface area (Å²) in [6, 6.07) is 14.8. The summed E-state index contributed by atoms with van der Waals surface area (Å²) in [7, 11) is 2.06. The zero-order chi connectivity index (χ0) is 22.5. The van der Waals surface area contributed by atoms with Crippen molar-refractivity contribution in [3.63, 3.8) is 0 Å². The molecule has 2 aromatic heterocycles. The second-order valence-corrected chi connectivity index (χ2v) is 8.92. The highest BCUT2D eigenvalue weighted by Gasteiger charge is 2.30. The lowest BCUT2D eigenvalue weighted by Gasteiger charge is -2.20. The lowest BCUT2D eigenvalue weighted by molar-refractivity contribution is 0.135. The van der Waals surface area contributed by atoms with Crippen molar-refractivity contribution in [2.24, 2.45) is 0 Å². The van der Waals surface area contributed by atoms with Gasteiger partial charge in [-0.2, -0.15) is 4.39 Å². The van der Waals surface area contributed by atoms with Crippen molar-refractivity contribution in [2.45, 2.75) is 57.5 Å². The molecule has 1 saturated heterocycles. The molecular formula is C26H31FN4O. The lowest BCUT2D eigenvalue weighted by atomic mass is 10.0. The van der Waals surface area contributed by atoms with Gasteiger partial charge in [0.25, 0.3) is 0 Å². The molecule has 1 aliphatic heterocycles. The largest absolute Gasteiger partial charge is 0.387 e. The summed E-state index contributed by atoms with van der Waals surface area (Å²) in [6.07, 6.45) is 7.51. The second kappa shape index (κ2) is 10.3. The standard InChI is InChI=1S/C26H31FN4O/c1-18-12-21(14-29-26(18)27)17-31(2)16-20-7-5-19(6-8-20)13-23-9-10-24(30-23)25(32)22-4-3-11-28-15-22/h3-8,11-12,14-15,23-25,30,32H,9-10,13,16-17H2,1-2H3/t23-,24+,25+/m0/s1. The van der Waals surface area contributed by atoms with Crippen LogP contribution >= 0.6 is 0 Å². The number of rotatable bonds is 8. The van der Waals surface area contributed by atoms with Crippen LogP contribution in [0.5, 0.6) is 0 Å². The molecule has 4 rings (SSSR count). The van der Waals surface area contributed by atoms with Crippen molar-refractivity contribution >= 4 is 0 Å². The topological polar surface area (TPSA) is 61.3 Å². The van der Waals surface area contributed by atoms with Crippen molar-refractivity contribution in [1.82, 2.24) is 20.2 Å². The number of nitrogens with one attached hydrogen (secondary N) is 1. The third kappa shape index (κ3) is 5.76. The molecule has 0 radical (unpaired) electrons. The highest BCUT2D eigenvalue weighted by atomic mass is 19.1. The maximum absolute atomic E-state index is 13.4. The number of aliphatic hydroxyl groups is 1. The highest BCUT2D eigenvalue weighted by Crippen LogP contribution is 2.26. The van der Waals surface area contributed by atoms with Gasteiger partial charge in [0.2, 0.25) is 5.95 Å². The first-order chi connectivity index (χ1) is 15.5. The van der Waals surface area contributed by atoms with Gasteiger partial charge in [0.05, 0.1) is 6.10 Å². The molecule has 6 heteroatoms. The number of aryl methyl sites for hydroxylation is 1. The second-order valence-electron chi connectivity index (χ2n) is 8.92.